The first-order chi connectivity index (χ1) is 16.4. The van der Waals surface area contributed by atoms with Crippen molar-refractivity contribution in [1.82, 2.24) is 15.0 Å². The Labute approximate surface area is 210 Å². The van der Waals surface area contributed by atoms with Crippen molar-refractivity contribution in [2.45, 2.75) is 6.92 Å². The number of phenolic OH excluding ortho intramolecular Hbond substituents is 1. The predicted octanol–water partition coefficient (Wildman–Crippen LogP) is 4.34. The number of phenols is 1. The number of hydrazone groups is 1. The van der Waals surface area contributed by atoms with E-state index in [1.54, 1.807) is 24.3 Å². The normalized spacial score (nSPS) is 13.8. The maximum Gasteiger partial charge on any atom is 0.250 e. The number of anilines is 4. The summed E-state index contributed by atoms with van der Waals surface area (Å²) in [5, 5.41) is 18.2. The third-order valence-electron chi connectivity index (χ3n) is 5.03. The highest BCUT2D eigenvalue weighted by Crippen LogP contribution is 2.31. The van der Waals surface area contributed by atoms with E-state index in [-0.39, 0.29) is 11.7 Å². The van der Waals surface area contributed by atoms with Crippen LogP contribution in [-0.2, 0) is 4.74 Å². The lowest BCUT2D eigenvalue weighted by Crippen LogP contribution is -2.37. The van der Waals surface area contributed by atoms with Crippen LogP contribution >= 0.6 is 27.5 Å². The molecule has 2 aromatic carbocycles. The minimum atomic E-state index is -0.0105. The van der Waals surface area contributed by atoms with Crippen molar-refractivity contribution in [3.05, 3.63) is 51.0 Å². The molecule has 4 rings (SSSR count). The second-order valence-electron chi connectivity index (χ2n) is 7.36. The second kappa shape index (κ2) is 10.9. The summed E-state index contributed by atoms with van der Waals surface area (Å²) >= 11 is 9.85. The van der Waals surface area contributed by atoms with E-state index in [4.69, 9.17) is 21.1 Å². The van der Waals surface area contributed by atoms with E-state index in [2.05, 4.69) is 46.7 Å². The molecule has 0 aliphatic carbocycles. The van der Waals surface area contributed by atoms with E-state index >= 15 is 0 Å². The van der Waals surface area contributed by atoms with Crippen LogP contribution in [0.3, 0.4) is 0 Å². The molecule has 10 nitrogen and oxygen atoms in total. The van der Waals surface area contributed by atoms with Gasteiger partial charge in [-0.05, 0) is 52.7 Å². The SMILES string of the molecule is COc1cccc(C=NNc2nc(Nc3cc(Cl)c(C)cc3Br)nc(N3CCOCC3)n2)c1O. The van der Waals surface area contributed by atoms with Gasteiger partial charge in [0.15, 0.2) is 11.5 Å². The molecule has 1 aromatic heterocycles. The summed E-state index contributed by atoms with van der Waals surface area (Å²) in [6.07, 6.45) is 1.46. The number of morpholine rings is 1. The molecule has 3 aromatic rings. The fraction of sp³-hybridized carbons (Fsp3) is 0.273. The van der Waals surface area contributed by atoms with Crippen LogP contribution < -0.4 is 20.4 Å². The lowest BCUT2D eigenvalue weighted by Gasteiger charge is -2.27. The number of aromatic nitrogens is 3. The maximum atomic E-state index is 10.2. The van der Waals surface area contributed by atoms with Crippen LogP contribution in [-0.4, -0.2) is 59.7 Å². The molecule has 1 aliphatic heterocycles. The molecule has 1 fully saturated rings. The lowest BCUT2D eigenvalue weighted by molar-refractivity contribution is 0.122. The van der Waals surface area contributed by atoms with Crippen LogP contribution in [0.5, 0.6) is 11.5 Å². The summed E-state index contributed by atoms with van der Waals surface area (Å²) in [5.74, 6) is 1.37. The van der Waals surface area contributed by atoms with Crippen LogP contribution in [0, 0.1) is 6.92 Å². The fourth-order valence-corrected chi connectivity index (χ4v) is 3.93. The highest BCUT2D eigenvalue weighted by Gasteiger charge is 2.17. The molecule has 34 heavy (non-hydrogen) atoms. The lowest BCUT2D eigenvalue weighted by atomic mass is 10.2. The topological polar surface area (TPSA) is 117 Å². The summed E-state index contributed by atoms with van der Waals surface area (Å²) in [6.45, 7) is 4.41. The highest BCUT2D eigenvalue weighted by atomic mass is 79.9. The van der Waals surface area contributed by atoms with E-state index in [1.807, 2.05) is 17.9 Å². The second-order valence-corrected chi connectivity index (χ2v) is 8.62. The number of nitrogens with zero attached hydrogens (tertiary/aromatic N) is 5. The van der Waals surface area contributed by atoms with Gasteiger partial charge in [-0.25, -0.2) is 5.43 Å². The van der Waals surface area contributed by atoms with Crippen molar-refractivity contribution in [2.24, 2.45) is 5.10 Å². The number of benzene rings is 2. The highest BCUT2D eigenvalue weighted by molar-refractivity contribution is 9.10. The molecule has 0 spiro atoms. The summed E-state index contributed by atoms with van der Waals surface area (Å²) in [4.78, 5) is 15.5. The number of aryl methyl sites for hydroxylation is 1. The van der Waals surface area contributed by atoms with Crippen LogP contribution in [0.1, 0.15) is 11.1 Å². The predicted molar refractivity (Wildman–Crippen MR) is 136 cm³/mol. The van der Waals surface area contributed by atoms with Crippen molar-refractivity contribution < 1.29 is 14.6 Å². The Balaban J connectivity index is 1.62. The Morgan fingerprint density at radius 2 is 1.97 bits per heavy atom. The van der Waals surface area contributed by atoms with E-state index < -0.39 is 0 Å². The molecule has 178 valence electrons. The van der Waals surface area contributed by atoms with Gasteiger partial charge in [-0.15, -0.1) is 0 Å². The number of aromatic hydroxyl groups is 1. The summed E-state index contributed by atoms with van der Waals surface area (Å²) in [6, 6.07) is 8.84. The number of halogens is 2. The van der Waals surface area contributed by atoms with Crippen molar-refractivity contribution in [2.75, 3.05) is 49.1 Å². The van der Waals surface area contributed by atoms with Crippen molar-refractivity contribution in [3.8, 4) is 11.5 Å². The van der Waals surface area contributed by atoms with Gasteiger partial charge in [0, 0.05) is 28.1 Å². The number of rotatable bonds is 7. The zero-order valence-corrected chi connectivity index (χ0v) is 20.9. The fourth-order valence-electron chi connectivity index (χ4n) is 3.21. The van der Waals surface area contributed by atoms with Crippen LogP contribution in [0.25, 0.3) is 0 Å². The molecule has 1 saturated heterocycles. The average Bonchev–Trinajstić information content (AvgIpc) is 2.84. The van der Waals surface area contributed by atoms with E-state index in [0.717, 1.165) is 10.0 Å². The third-order valence-corrected chi connectivity index (χ3v) is 6.09. The van der Waals surface area contributed by atoms with Gasteiger partial charge in [0.2, 0.25) is 17.8 Å². The zero-order valence-electron chi connectivity index (χ0n) is 18.5. The molecule has 0 radical (unpaired) electrons. The summed E-state index contributed by atoms with van der Waals surface area (Å²) < 4.78 is 11.4. The van der Waals surface area contributed by atoms with E-state index in [1.165, 1.54) is 13.3 Å². The van der Waals surface area contributed by atoms with Gasteiger partial charge in [0.25, 0.3) is 0 Å². The van der Waals surface area contributed by atoms with Gasteiger partial charge in [-0.3, -0.25) is 0 Å². The van der Waals surface area contributed by atoms with Crippen LogP contribution in [0.4, 0.5) is 23.5 Å². The number of hydrogen-bond donors (Lipinski definition) is 3. The van der Waals surface area contributed by atoms with Crippen LogP contribution in [0.15, 0.2) is 39.9 Å². The molecule has 1 aliphatic rings. The molecule has 3 N–H and O–H groups in total. The number of para-hydroxylation sites is 1. The molecule has 0 bridgehead atoms. The molecule has 0 saturated carbocycles. The van der Waals surface area contributed by atoms with Gasteiger partial charge in [-0.2, -0.15) is 20.1 Å². The molecule has 2 heterocycles. The van der Waals surface area contributed by atoms with Crippen molar-refractivity contribution in [3.63, 3.8) is 0 Å². The van der Waals surface area contributed by atoms with E-state index in [9.17, 15) is 5.11 Å². The van der Waals surface area contributed by atoms with Gasteiger partial charge in [0.1, 0.15) is 0 Å². The molecule has 0 amide bonds. The molecule has 0 unspecified atom stereocenters. The Kier molecular flexibility index (Phi) is 7.66. The van der Waals surface area contributed by atoms with Gasteiger partial charge in [0.05, 0.1) is 32.2 Å². The first-order valence-corrected chi connectivity index (χ1v) is 11.6. The Morgan fingerprint density at radius 3 is 2.74 bits per heavy atom. The summed E-state index contributed by atoms with van der Waals surface area (Å²) in [5.41, 5.74) is 4.95. The largest absolute Gasteiger partial charge is 0.504 e. The minimum Gasteiger partial charge on any atom is -0.504 e. The van der Waals surface area contributed by atoms with Gasteiger partial charge in [-0.1, -0.05) is 17.7 Å². The average molecular weight is 549 g/mol. The molecule has 0 atom stereocenters. The standard InChI is InChI=1S/C22H23BrClN7O3/c1-13-10-15(23)17(11-16(13)24)26-20-27-21(29-22(28-20)31-6-8-34-9-7-31)30-25-12-14-4-3-5-18(33-2)19(14)32/h3-5,10-12,32H,6-9H2,1-2H3,(H2,26,27,28,29,30). The van der Waals surface area contributed by atoms with Crippen molar-refractivity contribution in [1.29, 1.82) is 0 Å². The Bertz CT molecular complexity index is 1210. The number of nitrogens with one attached hydrogen (secondary N) is 2. The van der Waals surface area contributed by atoms with Gasteiger partial charge >= 0.3 is 0 Å². The minimum absolute atomic E-state index is 0.0105. The first kappa shape index (κ1) is 24.0. The number of methoxy groups -OCH3 is 1. The third kappa shape index (κ3) is 5.66. The monoisotopic (exact) mass is 547 g/mol. The Morgan fingerprint density at radius 1 is 1.21 bits per heavy atom. The first-order valence-electron chi connectivity index (χ1n) is 10.4. The smallest absolute Gasteiger partial charge is 0.250 e. The summed E-state index contributed by atoms with van der Waals surface area (Å²) in [7, 11) is 1.49. The quantitative estimate of drug-likeness (QED) is 0.293. The van der Waals surface area contributed by atoms with Gasteiger partial charge < -0.3 is 24.8 Å². The Hall–Kier alpha value is -3.15. The van der Waals surface area contributed by atoms with Crippen molar-refractivity contribution >= 4 is 57.3 Å². The maximum absolute atomic E-state index is 10.2. The zero-order chi connectivity index (χ0) is 24.1. The number of hydrogen-bond acceptors (Lipinski definition) is 10. The molecular weight excluding hydrogens is 526 g/mol. The van der Waals surface area contributed by atoms with Crippen LogP contribution in [0.2, 0.25) is 5.02 Å². The molecular formula is C22H23BrClN7O3. The van der Waals surface area contributed by atoms with E-state index in [0.29, 0.717) is 60.2 Å². The molecule has 12 heteroatoms. The number of ether oxygens (including phenoxy) is 2.